The van der Waals surface area contributed by atoms with Crippen LogP contribution in [0.4, 0.5) is 0 Å². The predicted molar refractivity (Wildman–Crippen MR) is 54.9 cm³/mol. The Kier molecular flexibility index (Phi) is 4.76. The molecule has 0 aliphatic heterocycles. The molecule has 0 heterocycles. The number of carbonyl (C=O) groups excluding carboxylic acids is 1. The Morgan fingerprint density at radius 3 is 2.15 bits per heavy atom. The second-order valence-electron chi connectivity index (χ2n) is 4.63. The Morgan fingerprint density at radius 1 is 1.38 bits per heavy atom. The van der Waals surface area contributed by atoms with Gasteiger partial charge in [0, 0.05) is 0 Å². The van der Waals surface area contributed by atoms with Crippen molar-refractivity contribution in [3.63, 3.8) is 0 Å². The lowest BCUT2D eigenvalue weighted by Crippen LogP contribution is -2.29. The number of hydrogen-bond donors (Lipinski definition) is 0. The van der Waals surface area contributed by atoms with Gasteiger partial charge in [0.05, 0.1) is 0 Å². The summed E-state index contributed by atoms with van der Waals surface area (Å²) in [6.07, 6.45) is 0.663. The van der Waals surface area contributed by atoms with Gasteiger partial charge in [-0.25, -0.2) is 0 Å². The van der Waals surface area contributed by atoms with Crippen molar-refractivity contribution in [3.05, 3.63) is 0 Å². The third-order valence-electron chi connectivity index (χ3n) is 1.34. The minimum Gasteiger partial charge on any atom is -0.459 e. The summed E-state index contributed by atoms with van der Waals surface area (Å²) in [6, 6.07) is 0. The van der Waals surface area contributed by atoms with Crippen LogP contribution in [-0.2, 0) is 9.53 Å². The maximum absolute atomic E-state index is 11.3. The van der Waals surface area contributed by atoms with Crippen LogP contribution in [0, 0.1) is 5.92 Å². The van der Waals surface area contributed by atoms with E-state index in [4.69, 9.17) is 16.3 Å². The largest absolute Gasteiger partial charge is 0.459 e. The molecule has 2 nitrogen and oxygen atoms in total. The van der Waals surface area contributed by atoms with Crippen molar-refractivity contribution in [2.45, 2.75) is 52.0 Å². The van der Waals surface area contributed by atoms with E-state index < -0.39 is 11.0 Å². The second kappa shape index (κ2) is 4.85. The number of carbonyl (C=O) groups is 1. The van der Waals surface area contributed by atoms with E-state index in [1.165, 1.54) is 0 Å². The molecule has 0 aromatic rings. The SMILES string of the molecule is CC(C)C[C@H](Cl)C(=O)OC(C)(C)C. The van der Waals surface area contributed by atoms with E-state index in [-0.39, 0.29) is 5.97 Å². The van der Waals surface area contributed by atoms with Crippen LogP contribution in [0.5, 0.6) is 0 Å². The summed E-state index contributed by atoms with van der Waals surface area (Å²) in [5, 5.41) is -0.515. The molecule has 78 valence electrons. The van der Waals surface area contributed by atoms with Crippen molar-refractivity contribution in [1.82, 2.24) is 0 Å². The molecule has 0 aromatic carbocycles. The number of ether oxygens (including phenoxy) is 1. The van der Waals surface area contributed by atoms with Gasteiger partial charge in [-0.15, -0.1) is 11.6 Å². The van der Waals surface area contributed by atoms with Crippen LogP contribution in [0.1, 0.15) is 41.0 Å². The van der Waals surface area contributed by atoms with Crippen LogP contribution in [-0.4, -0.2) is 16.9 Å². The molecule has 0 saturated heterocycles. The van der Waals surface area contributed by atoms with Gasteiger partial charge < -0.3 is 4.74 Å². The average molecular weight is 207 g/mol. The van der Waals surface area contributed by atoms with Gasteiger partial charge in [0.2, 0.25) is 0 Å². The van der Waals surface area contributed by atoms with E-state index >= 15 is 0 Å². The molecule has 0 saturated carbocycles. The van der Waals surface area contributed by atoms with Gasteiger partial charge in [-0.05, 0) is 33.1 Å². The van der Waals surface area contributed by atoms with Crippen molar-refractivity contribution in [2.75, 3.05) is 0 Å². The highest BCUT2D eigenvalue weighted by Crippen LogP contribution is 2.16. The quantitative estimate of drug-likeness (QED) is 0.524. The molecule has 0 rings (SSSR count). The molecule has 0 aliphatic carbocycles. The van der Waals surface area contributed by atoms with E-state index in [1.54, 1.807) is 0 Å². The van der Waals surface area contributed by atoms with Crippen LogP contribution >= 0.6 is 11.6 Å². The summed E-state index contributed by atoms with van der Waals surface area (Å²) in [4.78, 5) is 11.3. The van der Waals surface area contributed by atoms with Crippen LogP contribution in [0.2, 0.25) is 0 Å². The molecule has 0 spiro atoms. The van der Waals surface area contributed by atoms with Crippen LogP contribution < -0.4 is 0 Å². The third-order valence-corrected chi connectivity index (χ3v) is 1.70. The van der Waals surface area contributed by atoms with E-state index in [2.05, 4.69) is 0 Å². The fourth-order valence-corrected chi connectivity index (χ4v) is 1.28. The molecular formula is C10H19ClO2. The summed E-state index contributed by atoms with van der Waals surface area (Å²) in [5.41, 5.74) is -0.443. The minimum atomic E-state index is -0.515. The molecule has 13 heavy (non-hydrogen) atoms. The first-order valence-electron chi connectivity index (χ1n) is 4.59. The smallest absolute Gasteiger partial charge is 0.324 e. The summed E-state index contributed by atoms with van der Waals surface area (Å²) in [7, 11) is 0. The first-order chi connectivity index (χ1) is 5.72. The first-order valence-corrected chi connectivity index (χ1v) is 5.03. The standard InChI is InChI=1S/C10H19ClO2/c1-7(2)6-8(11)9(12)13-10(3,4)5/h7-8H,6H2,1-5H3/t8-/m0/s1. The zero-order chi connectivity index (χ0) is 10.6. The molecule has 0 radical (unpaired) electrons. The fraction of sp³-hybridized carbons (Fsp3) is 0.900. The van der Waals surface area contributed by atoms with Crippen LogP contribution in [0.3, 0.4) is 0 Å². The Morgan fingerprint density at radius 2 is 1.85 bits per heavy atom. The van der Waals surface area contributed by atoms with Crippen LogP contribution in [0.15, 0.2) is 0 Å². The van der Waals surface area contributed by atoms with Gasteiger partial charge in [0.15, 0.2) is 0 Å². The zero-order valence-electron chi connectivity index (χ0n) is 9.06. The molecule has 0 fully saturated rings. The molecule has 0 amide bonds. The van der Waals surface area contributed by atoms with Crippen LogP contribution in [0.25, 0.3) is 0 Å². The molecule has 0 N–H and O–H groups in total. The summed E-state index contributed by atoms with van der Waals surface area (Å²) in [6.45, 7) is 9.57. The lowest BCUT2D eigenvalue weighted by molar-refractivity contribution is -0.154. The molecule has 0 aliphatic rings. The van der Waals surface area contributed by atoms with E-state index in [9.17, 15) is 4.79 Å². The number of hydrogen-bond acceptors (Lipinski definition) is 2. The van der Waals surface area contributed by atoms with E-state index in [0.29, 0.717) is 12.3 Å². The number of rotatable bonds is 3. The van der Waals surface area contributed by atoms with Crippen molar-refractivity contribution in [3.8, 4) is 0 Å². The topological polar surface area (TPSA) is 26.3 Å². The lowest BCUT2D eigenvalue weighted by atomic mass is 10.1. The maximum Gasteiger partial charge on any atom is 0.324 e. The zero-order valence-corrected chi connectivity index (χ0v) is 9.81. The second-order valence-corrected chi connectivity index (χ2v) is 5.16. The normalized spacial score (nSPS) is 14.4. The molecule has 0 bridgehead atoms. The Hall–Kier alpha value is -0.240. The molecule has 1 atom stereocenters. The monoisotopic (exact) mass is 206 g/mol. The van der Waals surface area contributed by atoms with Gasteiger partial charge in [-0.3, -0.25) is 4.79 Å². The van der Waals surface area contributed by atoms with E-state index in [0.717, 1.165) is 0 Å². The third kappa shape index (κ3) is 6.88. The predicted octanol–water partition coefficient (Wildman–Crippen LogP) is 2.98. The van der Waals surface area contributed by atoms with Gasteiger partial charge in [0.25, 0.3) is 0 Å². The highest BCUT2D eigenvalue weighted by molar-refractivity contribution is 6.29. The van der Waals surface area contributed by atoms with Gasteiger partial charge >= 0.3 is 5.97 Å². The van der Waals surface area contributed by atoms with E-state index in [1.807, 2.05) is 34.6 Å². The number of esters is 1. The van der Waals surface area contributed by atoms with Crippen molar-refractivity contribution >= 4 is 17.6 Å². The number of alkyl halides is 1. The van der Waals surface area contributed by atoms with Gasteiger partial charge in [-0.1, -0.05) is 13.8 Å². The first kappa shape index (κ1) is 12.8. The molecule has 0 unspecified atom stereocenters. The molecular weight excluding hydrogens is 188 g/mol. The summed E-state index contributed by atoms with van der Waals surface area (Å²) in [5.74, 6) is 0.0953. The highest BCUT2D eigenvalue weighted by atomic mass is 35.5. The average Bonchev–Trinajstić information content (AvgIpc) is 1.81. The Labute approximate surface area is 85.6 Å². The van der Waals surface area contributed by atoms with Gasteiger partial charge in [0.1, 0.15) is 11.0 Å². The van der Waals surface area contributed by atoms with Crippen molar-refractivity contribution < 1.29 is 9.53 Å². The van der Waals surface area contributed by atoms with Gasteiger partial charge in [-0.2, -0.15) is 0 Å². The lowest BCUT2D eigenvalue weighted by Gasteiger charge is -2.21. The maximum atomic E-state index is 11.3. The fourth-order valence-electron chi connectivity index (χ4n) is 0.876. The summed E-state index contributed by atoms with van der Waals surface area (Å²) >= 11 is 5.86. The minimum absolute atomic E-state index is 0.317. The van der Waals surface area contributed by atoms with Crippen molar-refractivity contribution in [2.24, 2.45) is 5.92 Å². The molecule has 0 aromatic heterocycles. The highest BCUT2D eigenvalue weighted by Gasteiger charge is 2.23. The van der Waals surface area contributed by atoms with Crippen molar-refractivity contribution in [1.29, 1.82) is 0 Å². The summed E-state index contributed by atoms with van der Waals surface area (Å²) < 4.78 is 5.13. The Bertz CT molecular complexity index is 170. The molecule has 3 heteroatoms. The number of halogens is 1. The Balaban J connectivity index is 3.97.